The predicted molar refractivity (Wildman–Crippen MR) is 46.1 cm³/mol. The molecule has 1 aromatic rings. The highest BCUT2D eigenvalue weighted by molar-refractivity contribution is 5.89. The van der Waals surface area contributed by atoms with Gasteiger partial charge in [-0.25, -0.2) is 4.79 Å². The minimum Gasteiger partial charge on any atom is -0.462 e. The SMILES string of the molecule is CCOC(=O)c1ccnc(CO)c1. The summed E-state index contributed by atoms with van der Waals surface area (Å²) in [5.41, 5.74) is 0.881. The molecule has 0 fully saturated rings. The predicted octanol–water partition coefficient (Wildman–Crippen LogP) is 0.751. The van der Waals surface area contributed by atoms with Gasteiger partial charge in [-0.3, -0.25) is 4.98 Å². The number of esters is 1. The summed E-state index contributed by atoms with van der Waals surface area (Å²) < 4.78 is 4.78. The molecular formula is C9H11NO3. The van der Waals surface area contributed by atoms with Crippen molar-refractivity contribution in [2.24, 2.45) is 0 Å². The number of nitrogens with zero attached hydrogens (tertiary/aromatic N) is 1. The van der Waals surface area contributed by atoms with E-state index in [-0.39, 0.29) is 12.6 Å². The third-order valence-corrected chi connectivity index (χ3v) is 1.49. The number of rotatable bonds is 3. The van der Waals surface area contributed by atoms with E-state index in [9.17, 15) is 4.79 Å². The average molecular weight is 181 g/mol. The molecule has 4 nitrogen and oxygen atoms in total. The number of ether oxygens (including phenoxy) is 1. The molecule has 1 rings (SSSR count). The largest absolute Gasteiger partial charge is 0.462 e. The Morgan fingerprint density at radius 1 is 1.69 bits per heavy atom. The van der Waals surface area contributed by atoms with E-state index in [0.29, 0.717) is 17.9 Å². The van der Waals surface area contributed by atoms with Gasteiger partial charge in [0.1, 0.15) is 0 Å². The van der Waals surface area contributed by atoms with Crippen molar-refractivity contribution in [3.63, 3.8) is 0 Å². The average Bonchev–Trinajstić information content (AvgIpc) is 2.18. The number of hydrogen-bond acceptors (Lipinski definition) is 4. The lowest BCUT2D eigenvalue weighted by Crippen LogP contribution is -2.05. The fourth-order valence-electron chi connectivity index (χ4n) is 0.906. The number of aliphatic hydroxyl groups is 1. The van der Waals surface area contributed by atoms with Crippen LogP contribution in [-0.4, -0.2) is 22.7 Å². The normalized spacial score (nSPS) is 9.69. The first kappa shape index (κ1) is 9.67. The summed E-state index contributed by atoms with van der Waals surface area (Å²) in [6.45, 7) is 1.91. The zero-order chi connectivity index (χ0) is 9.68. The quantitative estimate of drug-likeness (QED) is 0.699. The second kappa shape index (κ2) is 4.57. The Kier molecular flexibility index (Phi) is 3.40. The highest BCUT2D eigenvalue weighted by Crippen LogP contribution is 2.03. The van der Waals surface area contributed by atoms with Crippen molar-refractivity contribution in [1.82, 2.24) is 4.98 Å². The molecule has 0 aliphatic carbocycles. The fraction of sp³-hybridized carbons (Fsp3) is 0.333. The van der Waals surface area contributed by atoms with Crippen LogP contribution in [0.3, 0.4) is 0 Å². The molecule has 0 saturated carbocycles. The van der Waals surface area contributed by atoms with Crippen molar-refractivity contribution in [3.8, 4) is 0 Å². The zero-order valence-electron chi connectivity index (χ0n) is 7.36. The van der Waals surface area contributed by atoms with Gasteiger partial charge < -0.3 is 9.84 Å². The molecule has 0 bridgehead atoms. The van der Waals surface area contributed by atoms with Gasteiger partial charge >= 0.3 is 5.97 Å². The summed E-state index contributed by atoms with van der Waals surface area (Å²) in [5, 5.41) is 8.76. The number of pyridine rings is 1. The van der Waals surface area contributed by atoms with Gasteiger partial charge in [0, 0.05) is 6.20 Å². The molecule has 0 atom stereocenters. The molecule has 0 aromatic carbocycles. The second-order valence-electron chi connectivity index (χ2n) is 2.41. The van der Waals surface area contributed by atoms with E-state index in [1.807, 2.05) is 0 Å². The first-order valence-electron chi connectivity index (χ1n) is 4.00. The number of carbonyl (C=O) groups excluding carboxylic acids is 1. The van der Waals surface area contributed by atoms with Gasteiger partial charge in [0.15, 0.2) is 0 Å². The Morgan fingerprint density at radius 2 is 2.46 bits per heavy atom. The van der Waals surface area contributed by atoms with Crippen LogP contribution in [0.15, 0.2) is 18.3 Å². The van der Waals surface area contributed by atoms with Crippen LogP contribution >= 0.6 is 0 Å². The monoisotopic (exact) mass is 181 g/mol. The van der Waals surface area contributed by atoms with Crippen molar-refractivity contribution < 1.29 is 14.6 Å². The Labute approximate surface area is 76.2 Å². The Hall–Kier alpha value is -1.42. The van der Waals surface area contributed by atoms with Gasteiger partial charge in [-0.2, -0.15) is 0 Å². The summed E-state index contributed by atoms with van der Waals surface area (Å²) in [7, 11) is 0. The van der Waals surface area contributed by atoms with Gasteiger partial charge in [0.25, 0.3) is 0 Å². The Morgan fingerprint density at radius 3 is 3.08 bits per heavy atom. The summed E-state index contributed by atoms with van der Waals surface area (Å²) in [6.07, 6.45) is 1.47. The van der Waals surface area contributed by atoms with Crippen LogP contribution in [0.25, 0.3) is 0 Å². The highest BCUT2D eigenvalue weighted by Gasteiger charge is 2.06. The van der Waals surface area contributed by atoms with E-state index in [0.717, 1.165) is 0 Å². The van der Waals surface area contributed by atoms with Gasteiger partial charge in [-0.05, 0) is 19.1 Å². The maximum absolute atomic E-state index is 11.2. The summed E-state index contributed by atoms with van der Waals surface area (Å²) in [4.78, 5) is 15.0. The van der Waals surface area contributed by atoms with Crippen molar-refractivity contribution in [2.45, 2.75) is 13.5 Å². The highest BCUT2D eigenvalue weighted by atomic mass is 16.5. The maximum atomic E-state index is 11.2. The molecular weight excluding hydrogens is 170 g/mol. The molecule has 1 aromatic heterocycles. The third kappa shape index (κ3) is 2.52. The van der Waals surface area contributed by atoms with Crippen molar-refractivity contribution in [3.05, 3.63) is 29.6 Å². The summed E-state index contributed by atoms with van der Waals surface area (Å²) >= 11 is 0. The minimum atomic E-state index is -0.389. The molecule has 0 aliphatic rings. The molecule has 1 N–H and O–H groups in total. The van der Waals surface area contributed by atoms with Crippen LogP contribution < -0.4 is 0 Å². The van der Waals surface area contributed by atoms with Crippen LogP contribution in [0.4, 0.5) is 0 Å². The topological polar surface area (TPSA) is 59.4 Å². The second-order valence-corrected chi connectivity index (χ2v) is 2.41. The molecule has 0 amide bonds. The number of aromatic nitrogens is 1. The van der Waals surface area contributed by atoms with Crippen LogP contribution in [0, 0.1) is 0 Å². The molecule has 0 radical (unpaired) electrons. The lowest BCUT2D eigenvalue weighted by Gasteiger charge is -2.01. The van der Waals surface area contributed by atoms with Crippen LogP contribution in [-0.2, 0) is 11.3 Å². The van der Waals surface area contributed by atoms with E-state index in [2.05, 4.69) is 4.98 Å². The number of hydrogen-bond donors (Lipinski definition) is 1. The maximum Gasteiger partial charge on any atom is 0.338 e. The van der Waals surface area contributed by atoms with Crippen LogP contribution in [0.1, 0.15) is 23.0 Å². The molecule has 0 aliphatic heterocycles. The Bertz CT molecular complexity index is 299. The van der Waals surface area contributed by atoms with Gasteiger partial charge in [-0.1, -0.05) is 0 Å². The summed E-state index contributed by atoms with van der Waals surface area (Å²) in [5.74, 6) is -0.389. The molecule has 0 unspecified atom stereocenters. The minimum absolute atomic E-state index is 0.173. The molecule has 13 heavy (non-hydrogen) atoms. The standard InChI is InChI=1S/C9H11NO3/c1-2-13-9(12)7-3-4-10-8(5-7)6-11/h3-5,11H,2,6H2,1H3. The van der Waals surface area contributed by atoms with Crippen molar-refractivity contribution in [1.29, 1.82) is 0 Å². The first-order valence-corrected chi connectivity index (χ1v) is 4.00. The summed E-state index contributed by atoms with van der Waals surface area (Å²) in [6, 6.07) is 3.06. The smallest absolute Gasteiger partial charge is 0.338 e. The number of carbonyl (C=O) groups is 1. The molecule has 1 heterocycles. The third-order valence-electron chi connectivity index (χ3n) is 1.49. The van der Waals surface area contributed by atoms with Crippen LogP contribution in [0.5, 0.6) is 0 Å². The lowest BCUT2D eigenvalue weighted by atomic mass is 10.2. The van der Waals surface area contributed by atoms with Crippen molar-refractivity contribution in [2.75, 3.05) is 6.61 Å². The van der Waals surface area contributed by atoms with E-state index >= 15 is 0 Å². The zero-order valence-corrected chi connectivity index (χ0v) is 7.36. The molecule has 70 valence electrons. The lowest BCUT2D eigenvalue weighted by molar-refractivity contribution is 0.0526. The van der Waals surface area contributed by atoms with Gasteiger partial charge in [-0.15, -0.1) is 0 Å². The number of aliphatic hydroxyl groups excluding tert-OH is 1. The van der Waals surface area contributed by atoms with Gasteiger partial charge in [0.2, 0.25) is 0 Å². The molecule has 0 saturated heterocycles. The van der Waals surface area contributed by atoms with E-state index in [1.165, 1.54) is 12.3 Å². The van der Waals surface area contributed by atoms with Crippen LogP contribution in [0.2, 0.25) is 0 Å². The molecule has 4 heteroatoms. The van der Waals surface area contributed by atoms with Crippen molar-refractivity contribution >= 4 is 5.97 Å². The fourth-order valence-corrected chi connectivity index (χ4v) is 0.906. The van der Waals surface area contributed by atoms with Gasteiger partial charge in [0.05, 0.1) is 24.5 Å². The first-order chi connectivity index (χ1) is 6.27. The molecule has 0 spiro atoms. The Balaban J connectivity index is 2.82. The van der Waals surface area contributed by atoms with E-state index in [1.54, 1.807) is 13.0 Å². The van der Waals surface area contributed by atoms with E-state index < -0.39 is 0 Å². The van der Waals surface area contributed by atoms with E-state index in [4.69, 9.17) is 9.84 Å².